The number of nitrogens with zero attached hydrogens (tertiary/aromatic N) is 2. The molecule has 0 spiro atoms. The Labute approximate surface area is 301 Å². The molecule has 1 aromatic heterocycles. The molecule has 0 saturated carbocycles. The van der Waals surface area contributed by atoms with E-state index in [1.807, 2.05) is 72.8 Å². The highest BCUT2D eigenvalue weighted by molar-refractivity contribution is 5.90. The van der Waals surface area contributed by atoms with Crippen molar-refractivity contribution in [3.8, 4) is 34.0 Å². The molecule has 1 amide bonds. The maximum Gasteiger partial charge on any atom is 0.325 e. The van der Waals surface area contributed by atoms with Gasteiger partial charge >= 0.3 is 5.97 Å². The highest BCUT2D eigenvalue weighted by atomic mass is 16.5. The number of hydrogen-bond donors (Lipinski definition) is 2. The van der Waals surface area contributed by atoms with E-state index >= 15 is 0 Å². The summed E-state index contributed by atoms with van der Waals surface area (Å²) in [6, 6.07) is 21.8. The third kappa shape index (κ3) is 13.0. The van der Waals surface area contributed by atoms with E-state index < -0.39 is 23.8 Å². The average Bonchev–Trinajstić information content (AvgIpc) is 3.14. The molecule has 0 aliphatic rings. The van der Waals surface area contributed by atoms with Gasteiger partial charge in [0.25, 0.3) is 0 Å². The number of ether oxygens (including phenoxy) is 2. The molecule has 270 valence electrons. The van der Waals surface area contributed by atoms with Crippen molar-refractivity contribution in [1.82, 2.24) is 15.3 Å². The zero-order valence-electron chi connectivity index (χ0n) is 30.1. The lowest BCUT2D eigenvalue weighted by atomic mass is 9.91. The van der Waals surface area contributed by atoms with Crippen LogP contribution < -0.4 is 14.8 Å². The van der Waals surface area contributed by atoms with Gasteiger partial charge in [0.2, 0.25) is 5.91 Å². The van der Waals surface area contributed by atoms with Crippen LogP contribution in [0.5, 0.6) is 11.5 Å². The van der Waals surface area contributed by atoms with Crippen molar-refractivity contribution < 1.29 is 29.0 Å². The van der Waals surface area contributed by atoms with Crippen molar-refractivity contribution in [2.45, 2.75) is 91.0 Å². The lowest BCUT2D eigenvalue weighted by Gasteiger charge is -2.18. The van der Waals surface area contributed by atoms with E-state index in [9.17, 15) is 19.5 Å². The third-order valence-electron chi connectivity index (χ3n) is 8.72. The van der Waals surface area contributed by atoms with Gasteiger partial charge in [-0.25, -0.2) is 9.97 Å². The van der Waals surface area contributed by atoms with E-state index in [0.717, 1.165) is 65.2 Å². The summed E-state index contributed by atoms with van der Waals surface area (Å²) in [7, 11) is 0. The minimum absolute atomic E-state index is 0.0224. The van der Waals surface area contributed by atoms with Gasteiger partial charge in [0.15, 0.2) is 5.82 Å². The van der Waals surface area contributed by atoms with Crippen LogP contribution in [0.25, 0.3) is 22.5 Å². The fourth-order valence-electron chi connectivity index (χ4n) is 5.60. The highest BCUT2D eigenvalue weighted by Gasteiger charge is 2.25. The zero-order valence-corrected chi connectivity index (χ0v) is 30.1. The average molecular weight is 694 g/mol. The van der Waals surface area contributed by atoms with Gasteiger partial charge in [-0.05, 0) is 67.1 Å². The molecule has 9 heteroatoms. The Morgan fingerprint density at radius 2 is 1.24 bits per heavy atom. The molecule has 2 atom stereocenters. The maximum absolute atomic E-state index is 13.2. The normalized spacial score (nSPS) is 12.1. The molecule has 1 heterocycles. The standard InChI is InChI=1S/C42H51N3O6/c1-4-6-8-9-10-24-51-39-21-17-33(18-22-39)36-28-43-40(44-29-36)34-15-11-31(12-16-34)25-35(41(47)45-30(3)42(48)49)27-37(46)26-32-13-19-38(20-14-32)50-23-7-5-2/h11-22,28-30,35H,4-10,23-27H2,1-3H3,(H,45,47)(H,48,49)/t30-,35-/m1/s1. The van der Waals surface area contributed by atoms with Crippen molar-refractivity contribution in [2.24, 2.45) is 5.92 Å². The van der Waals surface area contributed by atoms with Crippen LogP contribution >= 0.6 is 0 Å². The van der Waals surface area contributed by atoms with E-state index in [1.54, 1.807) is 12.4 Å². The van der Waals surface area contributed by atoms with Crippen LogP contribution in [0, 0.1) is 5.92 Å². The van der Waals surface area contributed by atoms with Gasteiger partial charge in [-0.15, -0.1) is 0 Å². The van der Waals surface area contributed by atoms with E-state index in [-0.39, 0.29) is 25.0 Å². The first-order valence-corrected chi connectivity index (χ1v) is 18.2. The second-order valence-corrected chi connectivity index (χ2v) is 13.0. The maximum atomic E-state index is 13.2. The summed E-state index contributed by atoms with van der Waals surface area (Å²) in [5, 5.41) is 11.9. The fraction of sp³-hybridized carbons (Fsp3) is 0.405. The molecule has 0 saturated heterocycles. The number of carbonyl (C=O) groups is 3. The molecule has 2 N–H and O–H groups in total. The monoisotopic (exact) mass is 693 g/mol. The number of aromatic nitrogens is 2. The summed E-state index contributed by atoms with van der Waals surface area (Å²) >= 11 is 0. The number of amides is 1. The Hall–Kier alpha value is -5.05. The van der Waals surface area contributed by atoms with Crippen LogP contribution in [0.4, 0.5) is 0 Å². The van der Waals surface area contributed by atoms with Gasteiger partial charge in [-0.3, -0.25) is 14.4 Å². The third-order valence-corrected chi connectivity index (χ3v) is 8.72. The van der Waals surface area contributed by atoms with Gasteiger partial charge in [0.1, 0.15) is 23.3 Å². The van der Waals surface area contributed by atoms with E-state index in [4.69, 9.17) is 9.47 Å². The number of carbonyl (C=O) groups excluding carboxylic acids is 2. The number of hydrogen-bond acceptors (Lipinski definition) is 7. The van der Waals surface area contributed by atoms with Crippen molar-refractivity contribution >= 4 is 17.7 Å². The molecule has 9 nitrogen and oxygen atoms in total. The lowest BCUT2D eigenvalue weighted by molar-refractivity contribution is -0.142. The second kappa shape index (κ2) is 20.6. The number of benzene rings is 3. The quantitative estimate of drug-likeness (QED) is 0.0788. The molecule has 3 aromatic carbocycles. The van der Waals surface area contributed by atoms with Gasteiger partial charge in [0.05, 0.1) is 13.2 Å². The number of rotatable bonds is 22. The van der Waals surface area contributed by atoms with Crippen LogP contribution in [0.15, 0.2) is 85.2 Å². The number of ketones is 1. The molecular formula is C42H51N3O6. The summed E-state index contributed by atoms with van der Waals surface area (Å²) < 4.78 is 11.6. The van der Waals surface area contributed by atoms with Crippen molar-refractivity contribution in [3.63, 3.8) is 0 Å². The molecular weight excluding hydrogens is 642 g/mol. The topological polar surface area (TPSA) is 128 Å². The molecule has 0 unspecified atom stereocenters. The first kappa shape index (κ1) is 38.7. The minimum Gasteiger partial charge on any atom is -0.494 e. The van der Waals surface area contributed by atoms with Crippen molar-refractivity contribution in [1.29, 1.82) is 0 Å². The zero-order chi connectivity index (χ0) is 36.4. The van der Waals surface area contributed by atoms with Crippen LogP contribution in [-0.2, 0) is 27.2 Å². The van der Waals surface area contributed by atoms with Crippen molar-refractivity contribution in [3.05, 3.63) is 96.3 Å². The van der Waals surface area contributed by atoms with E-state index in [0.29, 0.717) is 12.4 Å². The summed E-state index contributed by atoms with van der Waals surface area (Å²) in [6.07, 6.45) is 12.0. The number of carboxylic acids is 1. The number of Topliss-reactive ketones (excluding diaryl/α,β-unsaturated/α-hetero) is 1. The summed E-state index contributed by atoms with van der Waals surface area (Å²) in [5.74, 6) is -0.283. The Morgan fingerprint density at radius 1 is 0.686 bits per heavy atom. The predicted molar refractivity (Wildman–Crippen MR) is 200 cm³/mol. The summed E-state index contributed by atoms with van der Waals surface area (Å²) in [4.78, 5) is 47.0. The first-order chi connectivity index (χ1) is 24.7. The second-order valence-electron chi connectivity index (χ2n) is 13.0. The molecule has 0 aliphatic carbocycles. The van der Waals surface area contributed by atoms with E-state index in [1.165, 1.54) is 32.6 Å². The number of unbranched alkanes of at least 4 members (excludes halogenated alkanes) is 5. The number of carboxylic acid groups (broad SMARTS) is 1. The smallest absolute Gasteiger partial charge is 0.325 e. The highest BCUT2D eigenvalue weighted by Crippen LogP contribution is 2.25. The van der Waals surface area contributed by atoms with Crippen LogP contribution in [-0.4, -0.2) is 52.0 Å². The number of nitrogens with one attached hydrogen (secondary N) is 1. The number of aliphatic carboxylic acids is 1. The van der Waals surface area contributed by atoms with Crippen LogP contribution in [0.3, 0.4) is 0 Å². The van der Waals surface area contributed by atoms with Crippen molar-refractivity contribution in [2.75, 3.05) is 13.2 Å². The Morgan fingerprint density at radius 3 is 1.84 bits per heavy atom. The summed E-state index contributed by atoms with van der Waals surface area (Å²) in [5.41, 5.74) is 4.36. The largest absolute Gasteiger partial charge is 0.494 e. The first-order valence-electron chi connectivity index (χ1n) is 18.2. The van der Waals surface area contributed by atoms with Gasteiger partial charge in [-0.2, -0.15) is 0 Å². The molecule has 4 rings (SSSR count). The Bertz CT molecular complexity index is 1660. The van der Waals surface area contributed by atoms with Crippen LogP contribution in [0.1, 0.15) is 83.3 Å². The fourth-order valence-corrected chi connectivity index (χ4v) is 5.60. The summed E-state index contributed by atoms with van der Waals surface area (Å²) in [6.45, 7) is 7.09. The molecule has 0 aliphatic heterocycles. The van der Waals surface area contributed by atoms with Gasteiger partial charge in [-0.1, -0.05) is 94.5 Å². The Kier molecular flexibility index (Phi) is 15.6. The molecule has 0 bridgehead atoms. The molecule has 0 radical (unpaired) electrons. The van der Waals surface area contributed by atoms with Gasteiger partial charge in [0, 0.05) is 42.3 Å². The predicted octanol–water partition coefficient (Wildman–Crippen LogP) is 8.29. The molecule has 51 heavy (non-hydrogen) atoms. The molecule has 0 fully saturated rings. The minimum atomic E-state index is -1.14. The van der Waals surface area contributed by atoms with Gasteiger partial charge < -0.3 is 19.9 Å². The Balaban J connectivity index is 1.36. The van der Waals surface area contributed by atoms with Crippen LogP contribution in [0.2, 0.25) is 0 Å². The SMILES string of the molecule is CCCCCCCOc1ccc(-c2cnc(-c3ccc(C[C@H](CC(=O)Cc4ccc(OCCCC)cc4)C(=O)N[C@H](C)C(=O)O)cc3)nc2)cc1. The lowest BCUT2D eigenvalue weighted by Crippen LogP contribution is -2.42. The van der Waals surface area contributed by atoms with E-state index in [2.05, 4.69) is 29.1 Å². The molecule has 4 aromatic rings.